The number of fused-ring (bicyclic) bond motifs is 1. The Morgan fingerprint density at radius 2 is 2.15 bits per heavy atom. The van der Waals surface area contributed by atoms with Crippen LogP contribution >= 0.6 is 0 Å². The molecule has 2 heterocycles. The van der Waals surface area contributed by atoms with Crippen LogP contribution in [-0.4, -0.2) is 60.7 Å². The summed E-state index contributed by atoms with van der Waals surface area (Å²) in [5.41, 5.74) is 9.17. The van der Waals surface area contributed by atoms with Gasteiger partial charge in [0.05, 0.1) is 26.2 Å². The van der Waals surface area contributed by atoms with Crippen molar-refractivity contribution in [2.75, 3.05) is 30.0 Å². The number of nitrogens with two attached hydrogens (primary N) is 1. The molecule has 1 fully saturated rings. The molecule has 2 aromatic rings. The Balaban J connectivity index is 1.43. The van der Waals surface area contributed by atoms with E-state index >= 15 is 0 Å². The van der Waals surface area contributed by atoms with Crippen LogP contribution in [0.3, 0.4) is 0 Å². The number of anilines is 2. The summed E-state index contributed by atoms with van der Waals surface area (Å²) in [5, 5.41) is 13.2. The van der Waals surface area contributed by atoms with Crippen molar-refractivity contribution in [1.29, 1.82) is 0 Å². The molecule has 2 aliphatic rings. The lowest BCUT2D eigenvalue weighted by Crippen LogP contribution is -2.55. The first-order chi connectivity index (χ1) is 16.4. The van der Waals surface area contributed by atoms with Gasteiger partial charge in [-0.05, 0) is 48.4 Å². The van der Waals surface area contributed by atoms with Gasteiger partial charge in [0, 0.05) is 23.5 Å². The summed E-state index contributed by atoms with van der Waals surface area (Å²) in [5.74, 6) is -1.22. The monoisotopic (exact) mass is 466 g/mol. The van der Waals surface area contributed by atoms with E-state index in [4.69, 9.17) is 15.2 Å². The molecule has 0 aromatic heterocycles. The number of rotatable bonds is 7. The fraction of sp³-hybridized carbons (Fsp3) is 0.333. The molecule has 0 radical (unpaired) electrons. The molecule has 34 heavy (non-hydrogen) atoms. The van der Waals surface area contributed by atoms with Crippen LogP contribution in [0.15, 0.2) is 47.5 Å². The fourth-order valence-corrected chi connectivity index (χ4v) is 3.96. The highest BCUT2D eigenvalue weighted by Crippen LogP contribution is 2.24. The second kappa shape index (κ2) is 10.0. The number of aliphatic hydroxyl groups is 1. The molecule has 178 valence electrons. The molecule has 2 unspecified atom stereocenters. The van der Waals surface area contributed by atoms with E-state index in [1.165, 1.54) is 4.90 Å². The van der Waals surface area contributed by atoms with Gasteiger partial charge in [-0.1, -0.05) is 12.1 Å². The van der Waals surface area contributed by atoms with E-state index < -0.39 is 24.0 Å². The SMILES string of the molecule is CCOC(=O)Cc1cccc(N2CCOC(C(O)C(=O)Nc3ccc4c(c3)CN=C4N)C2=O)c1. The number of amidine groups is 1. The van der Waals surface area contributed by atoms with Crippen LogP contribution in [-0.2, 0) is 36.8 Å². The maximum Gasteiger partial charge on any atom is 0.310 e. The smallest absolute Gasteiger partial charge is 0.310 e. The van der Waals surface area contributed by atoms with E-state index in [0.717, 1.165) is 11.1 Å². The van der Waals surface area contributed by atoms with Gasteiger partial charge in [0.15, 0.2) is 12.2 Å². The third-order valence-corrected chi connectivity index (χ3v) is 5.62. The quantitative estimate of drug-likeness (QED) is 0.511. The van der Waals surface area contributed by atoms with Crippen LogP contribution in [0.2, 0.25) is 0 Å². The topological polar surface area (TPSA) is 144 Å². The van der Waals surface area contributed by atoms with Gasteiger partial charge in [0.2, 0.25) is 0 Å². The van der Waals surface area contributed by atoms with Gasteiger partial charge in [-0.3, -0.25) is 19.4 Å². The number of hydrogen-bond acceptors (Lipinski definition) is 8. The number of nitrogens with one attached hydrogen (secondary N) is 1. The van der Waals surface area contributed by atoms with Gasteiger partial charge in [-0.15, -0.1) is 0 Å². The molecule has 0 bridgehead atoms. The summed E-state index contributed by atoms with van der Waals surface area (Å²) in [6.07, 6.45) is -3.00. The van der Waals surface area contributed by atoms with Crippen molar-refractivity contribution in [3.8, 4) is 0 Å². The largest absolute Gasteiger partial charge is 0.466 e. The van der Waals surface area contributed by atoms with Crippen molar-refractivity contribution < 1.29 is 29.0 Å². The lowest BCUT2D eigenvalue weighted by Gasteiger charge is -2.34. The molecule has 0 spiro atoms. The summed E-state index contributed by atoms with van der Waals surface area (Å²) >= 11 is 0. The van der Waals surface area contributed by atoms with Crippen LogP contribution in [0.4, 0.5) is 11.4 Å². The molecule has 0 saturated carbocycles. The number of esters is 1. The number of benzene rings is 2. The van der Waals surface area contributed by atoms with E-state index in [9.17, 15) is 19.5 Å². The number of hydrogen-bond donors (Lipinski definition) is 3. The number of nitrogens with zero attached hydrogens (tertiary/aromatic N) is 2. The Kier molecular flexibility index (Phi) is 6.90. The Morgan fingerprint density at radius 3 is 2.94 bits per heavy atom. The number of aliphatic hydroxyl groups excluding tert-OH is 1. The average Bonchev–Trinajstić information content (AvgIpc) is 3.19. The normalized spacial score (nSPS) is 18.2. The van der Waals surface area contributed by atoms with Gasteiger partial charge in [0.25, 0.3) is 11.8 Å². The second-order valence-electron chi connectivity index (χ2n) is 7.94. The van der Waals surface area contributed by atoms with Crippen LogP contribution < -0.4 is 16.0 Å². The summed E-state index contributed by atoms with van der Waals surface area (Å²) in [6.45, 7) is 2.82. The van der Waals surface area contributed by atoms with Crippen LogP contribution in [0, 0.1) is 0 Å². The average molecular weight is 466 g/mol. The van der Waals surface area contributed by atoms with Gasteiger partial charge in [-0.25, -0.2) is 0 Å². The third-order valence-electron chi connectivity index (χ3n) is 5.62. The first kappa shape index (κ1) is 23.4. The van der Waals surface area contributed by atoms with Crippen molar-refractivity contribution in [1.82, 2.24) is 0 Å². The molecular weight excluding hydrogens is 440 g/mol. The minimum absolute atomic E-state index is 0.0755. The lowest BCUT2D eigenvalue weighted by molar-refractivity contribution is -0.150. The van der Waals surface area contributed by atoms with E-state index in [-0.39, 0.29) is 32.1 Å². The minimum atomic E-state index is -1.72. The standard InChI is InChI=1S/C24H26N4O6/c1-2-33-19(29)11-14-4-3-5-17(10-14)28-8-9-34-21(24(28)32)20(30)23(31)27-16-6-7-18-15(12-16)13-26-22(18)25/h3-7,10,12,20-21,30H,2,8-9,11,13H2,1H3,(H2,25,26)(H,27,31). The van der Waals surface area contributed by atoms with Crippen LogP contribution in [0.1, 0.15) is 23.6 Å². The fourth-order valence-electron chi connectivity index (χ4n) is 3.96. The summed E-state index contributed by atoms with van der Waals surface area (Å²) in [7, 11) is 0. The zero-order chi connectivity index (χ0) is 24.2. The van der Waals surface area contributed by atoms with Gasteiger partial charge < -0.3 is 30.5 Å². The Bertz CT molecular complexity index is 1150. The van der Waals surface area contributed by atoms with E-state index in [1.807, 2.05) is 0 Å². The number of morpholine rings is 1. The summed E-state index contributed by atoms with van der Waals surface area (Å²) < 4.78 is 10.4. The lowest BCUT2D eigenvalue weighted by atomic mass is 10.1. The Morgan fingerprint density at radius 1 is 1.32 bits per heavy atom. The van der Waals surface area contributed by atoms with E-state index in [0.29, 0.717) is 29.3 Å². The Labute approximate surface area is 196 Å². The molecule has 2 atom stereocenters. The number of carbonyl (C=O) groups excluding carboxylic acids is 3. The predicted molar refractivity (Wildman–Crippen MR) is 124 cm³/mol. The number of aliphatic imine (C=N–C) groups is 1. The van der Waals surface area contributed by atoms with Crippen molar-refractivity contribution in [3.63, 3.8) is 0 Å². The van der Waals surface area contributed by atoms with Gasteiger partial charge in [0.1, 0.15) is 5.84 Å². The molecule has 4 N–H and O–H groups in total. The van der Waals surface area contributed by atoms with Crippen molar-refractivity contribution in [2.24, 2.45) is 10.7 Å². The molecule has 4 rings (SSSR count). The van der Waals surface area contributed by atoms with E-state index in [1.54, 1.807) is 49.4 Å². The highest BCUT2D eigenvalue weighted by atomic mass is 16.5. The Hall–Kier alpha value is -3.76. The van der Waals surface area contributed by atoms with Crippen molar-refractivity contribution >= 4 is 35.0 Å². The van der Waals surface area contributed by atoms with Gasteiger partial charge in [-0.2, -0.15) is 0 Å². The van der Waals surface area contributed by atoms with Gasteiger partial charge >= 0.3 is 5.97 Å². The van der Waals surface area contributed by atoms with Crippen molar-refractivity contribution in [2.45, 2.75) is 32.1 Å². The number of carbonyl (C=O) groups is 3. The molecular formula is C24H26N4O6. The van der Waals surface area contributed by atoms with E-state index in [2.05, 4.69) is 10.3 Å². The molecule has 0 aliphatic carbocycles. The molecule has 10 heteroatoms. The third kappa shape index (κ3) is 4.92. The zero-order valence-corrected chi connectivity index (χ0v) is 18.7. The number of ether oxygens (including phenoxy) is 2. The maximum atomic E-state index is 13.1. The maximum absolute atomic E-state index is 13.1. The first-order valence-electron chi connectivity index (χ1n) is 11.0. The summed E-state index contributed by atoms with van der Waals surface area (Å²) in [6, 6.07) is 12.1. The molecule has 2 aromatic carbocycles. The van der Waals surface area contributed by atoms with Crippen LogP contribution in [0.5, 0.6) is 0 Å². The first-order valence-corrected chi connectivity index (χ1v) is 11.0. The predicted octanol–water partition coefficient (Wildman–Crippen LogP) is 0.743. The second-order valence-corrected chi connectivity index (χ2v) is 7.94. The molecule has 2 amide bonds. The highest BCUT2D eigenvalue weighted by molar-refractivity contribution is 6.05. The highest BCUT2D eigenvalue weighted by Gasteiger charge is 2.39. The molecule has 1 saturated heterocycles. The number of amides is 2. The molecule has 10 nitrogen and oxygen atoms in total. The zero-order valence-electron chi connectivity index (χ0n) is 18.7. The summed E-state index contributed by atoms with van der Waals surface area (Å²) in [4.78, 5) is 43.2. The molecule has 2 aliphatic heterocycles. The minimum Gasteiger partial charge on any atom is -0.466 e. The van der Waals surface area contributed by atoms with Crippen molar-refractivity contribution in [3.05, 3.63) is 59.2 Å². The van der Waals surface area contributed by atoms with Crippen LogP contribution in [0.25, 0.3) is 0 Å².